The zero-order valence-corrected chi connectivity index (χ0v) is 14.1. The first-order valence-electron chi connectivity index (χ1n) is 7.77. The van der Waals surface area contributed by atoms with E-state index in [1.807, 2.05) is 18.9 Å². The van der Waals surface area contributed by atoms with Crippen molar-refractivity contribution in [2.45, 2.75) is 26.3 Å². The predicted octanol–water partition coefficient (Wildman–Crippen LogP) is 0.0576. The topological polar surface area (TPSA) is 93.2 Å². The molecule has 0 unspecified atom stereocenters. The smallest absolute Gasteiger partial charge is 0.242 e. The number of fused-ring (bicyclic) bond motifs is 1. The third-order valence-electron chi connectivity index (χ3n) is 4.10. The van der Waals surface area contributed by atoms with Gasteiger partial charge in [0.25, 0.3) is 0 Å². The molecule has 124 valence electrons. The molecule has 0 aliphatic carbocycles. The summed E-state index contributed by atoms with van der Waals surface area (Å²) in [6.07, 6.45) is 1.80. The highest BCUT2D eigenvalue weighted by atomic mass is 16.2. The van der Waals surface area contributed by atoms with Crippen LogP contribution in [0.3, 0.4) is 0 Å². The van der Waals surface area contributed by atoms with Gasteiger partial charge < -0.3 is 15.5 Å². The summed E-state index contributed by atoms with van der Waals surface area (Å²) in [6, 6.07) is 0. The number of piperazine rings is 1. The molecule has 2 aromatic heterocycles. The number of nitrogens with two attached hydrogens (primary N) is 1. The van der Waals surface area contributed by atoms with E-state index in [9.17, 15) is 4.79 Å². The van der Waals surface area contributed by atoms with E-state index in [4.69, 9.17) is 5.73 Å². The second kappa shape index (κ2) is 5.45. The molecule has 0 saturated carbocycles. The van der Waals surface area contributed by atoms with Gasteiger partial charge in [0, 0.05) is 33.2 Å². The molecule has 8 heteroatoms. The molecule has 0 spiro atoms. The van der Waals surface area contributed by atoms with Crippen molar-refractivity contribution in [1.82, 2.24) is 24.6 Å². The zero-order valence-electron chi connectivity index (χ0n) is 14.1. The number of amides is 1. The van der Waals surface area contributed by atoms with Gasteiger partial charge in [-0.2, -0.15) is 5.10 Å². The van der Waals surface area contributed by atoms with E-state index in [1.54, 1.807) is 24.7 Å². The summed E-state index contributed by atoms with van der Waals surface area (Å²) >= 11 is 0. The molecule has 3 heterocycles. The van der Waals surface area contributed by atoms with Crippen molar-refractivity contribution < 1.29 is 4.79 Å². The van der Waals surface area contributed by atoms with Crippen molar-refractivity contribution in [3.05, 3.63) is 12.0 Å². The van der Waals surface area contributed by atoms with Crippen molar-refractivity contribution >= 4 is 22.8 Å². The fraction of sp³-hybridized carbons (Fsp3) is 0.600. The second-order valence-corrected chi connectivity index (χ2v) is 6.60. The summed E-state index contributed by atoms with van der Waals surface area (Å²) in [5.74, 6) is 1.60. The van der Waals surface area contributed by atoms with E-state index in [1.165, 1.54) is 0 Å². The summed E-state index contributed by atoms with van der Waals surface area (Å²) in [4.78, 5) is 25.3. The lowest BCUT2D eigenvalue weighted by molar-refractivity contribution is -0.136. The largest absolute Gasteiger partial charge is 0.352 e. The first kappa shape index (κ1) is 15.7. The standard InChI is InChI=1S/C15H23N7O/c1-10-18-12-11(9-17-20(12)4)13(19-10)21-5-7-22(8-6-21)14(23)15(2,3)16/h9H,5-8,16H2,1-4H3. The van der Waals surface area contributed by atoms with Gasteiger partial charge in [-0.3, -0.25) is 9.48 Å². The van der Waals surface area contributed by atoms with Gasteiger partial charge >= 0.3 is 0 Å². The molecule has 1 amide bonds. The van der Waals surface area contributed by atoms with Crippen LogP contribution in [-0.2, 0) is 11.8 Å². The number of carbonyl (C=O) groups excluding carboxylic acids is 1. The van der Waals surface area contributed by atoms with Crippen molar-refractivity contribution in [1.29, 1.82) is 0 Å². The van der Waals surface area contributed by atoms with Gasteiger partial charge in [-0.25, -0.2) is 9.97 Å². The molecule has 2 N–H and O–H groups in total. The van der Waals surface area contributed by atoms with E-state index in [0.717, 1.165) is 35.8 Å². The number of rotatable bonds is 2. The SMILES string of the molecule is Cc1nc(N2CCN(C(=O)C(C)(C)N)CC2)c2cnn(C)c2n1. The lowest BCUT2D eigenvalue weighted by atomic mass is 10.0. The van der Waals surface area contributed by atoms with Crippen LogP contribution in [-0.4, -0.2) is 62.3 Å². The van der Waals surface area contributed by atoms with Crippen LogP contribution in [0, 0.1) is 6.92 Å². The summed E-state index contributed by atoms with van der Waals surface area (Å²) in [5, 5.41) is 5.22. The Balaban J connectivity index is 1.82. The molecule has 3 rings (SSSR count). The summed E-state index contributed by atoms with van der Waals surface area (Å²) in [7, 11) is 1.87. The zero-order chi connectivity index (χ0) is 16.8. The fourth-order valence-electron chi connectivity index (χ4n) is 2.88. The number of hydrogen-bond donors (Lipinski definition) is 1. The monoisotopic (exact) mass is 317 g/mol. The molecule has 2 aromatic rings. The van der Waals surface area contributed by atoms with Crippen LogP contribution in [0.2, 0.25) is 0 Å². The summed E-state index contributed by atoms with van der Waals surface area (Å²) in [5.41, 5.74) is 5.91. The number of aryl methyl sites for hydroxylation is 2. The molecular formula is C15H23N7O. The summed E-state index contributed by atoms with van der Waals surface area (Å²) < 4.78 is 1.75. The van der Waals surface area contributed by atoms with Gasteiger partial charge in [0.2, 0.25) is 5.91 Å². The van der Waals surface area contributed by atoms with Gasteiger partial charge in [-0.05, 0) is 20.8 Å². The Bertz CT molecular complexity index is 738. The molecule has 1 fully saturated rings. The minimum atomic E-state index is -0.829. The Hall–Kier alpha value is -2.22. The van der Waals surface area contributed by atoms with Crippen molar-refractivity contribution in [3.8, 4) is 0 Å². The Labute approximate surface area is 135 Å². The van der Waals surface area contributed by atoms with Gasteiger partial charge in [-0.15, -0.1) is 0 Å². The van der Waals surface area contributed by atoms with Crippen molar-refractivity contribution in [2.75, 3.05) is 31.1 Å². The molecule has 0 aromatic carbocycles. The normalized spacial score (nSPS) is 16.2. The van der Waals surface area contributed by atoms with Gasteiger partial charge in [-0.1, -0.05) is 0 Å². The quantitative estimate of drug-likeness (QED) is 0.842. The predicted molar refractivity (Wildman–Crippen MR) is 88.1 cm³/mol. The van der Waals surface area contributed by atoms with Crippen LogP contribution in [0.4, 0.5) is 5.82 Å². The average Bonchev–Trinajstić information content (AvgIpc) is 2.86. The van der Waals surface area contributed by atoms with E-state index in [0.29, 0.717) is 13.1 Å². The lowest BCUT2D eigenvalue weighted by Crippen LogP contribution is -2.57. The molecule has 8 nitrogen and oxygen atoms in total. The molecular weight excluding hydrogens is 294 g/mol. The molecule has 1 aliphatic rings. The number of nitrogens with zero attached hydrogens (tertiary/aromatic N) is 6. The molecule has 0 atom stereocenters. The average molecular weight is 317 g/mol. The lowest BCUT2D eigenvalue weighted by Gasteiger charge is -2.38. The third kappa shape index (κ3) is 2.86. The van der Waals surface area contributed by atoms with Crippen LogP contribution in [0.15, 0.2) is 6.20 Å². The second-order valence-electron chi connectivity index (χ2n) is 6.60. The van der Waals surface area contributed by atoms with Gasteiger partial charge in [0.15, 0.2) is 5.65 Å². The minimum Gasteiger partial charge on any atom is -0.352 e. The number of anilines is 1. The van der Waals surface area contributed by atoms with Crippen molar-refractivity contribution in [2.24, 2.45) is 12.8 Å². The maximum atomic E-state index is 12.3. The van der Waals surface area contributed by atoms with E-state index in [-0.39, 0.29) is 5.91 Å². The van der Waals surface area contributed by atoms with Crippen molar-refractivity contribution in [3.63, 3.8) is 0 Å². The molecule has 0 bridgehead atoms. The number of aromatic nitrogens is 4. The van der Waals surface area contributed by atoms with Gasteiger partial charge in [0.05, 0.1) is 17.1 Å². The highest BCUT2D eigenvalue weighted by Gasteiger charge is 2.31. The van der Waals surface area contributed by atoms with Crippen LogP contribution in [0.5, 0.6) is 0 Å². The number of hydrogen-bond acceptors (Lipinski definition) is 6. The third-order valence-corrected chi connectivity index (χ3v) is 4.10. The maximum absolute atomic E-state index is 12.3. The van der Waals surface area contributed by atoms with Crippen LogP contribution >= 0.6 is 0 Å². The summed E-state index contributed by atoms with van der Waals surface area (Å²) in [6.45, 7) is 8.11. The van der Waals surface area contributed by atoms with E-state index >= 15 is 0 Å². The fourth-order valence-corrected chi connectivity index (χ4v) is 2.88. The maximum Gasteiger partial charge on any atom is 0.242 e. The first-order chi connectivity index (χ1) is 10.8. The first-order valence-corrected chi connectivity index (χ1v) is 7.77. The molecule has 1 aliphatic heterocycles. The molecule has 23 heavy (non-hydrogen) atoms. The Morgan fingerprint density at radius 3 is 2.48 bits per heavy atom. The van der Waals surface area contributed by atoms with Crippen LogP contribution in [0.25, 0.3) is 11.0 Å². The number of carbonyl (C=O) groups is 1. The van der Waals surface area contributed by atoms with Gasteiger partial charge in [0.1, 0.15) is 11.6 Å². The Kier molecular flexibility index (Phi) is 3.71. The Morgan fingerprint density at radius 1 is 1.22 bits per heavy atom. The molecule has 0 radical (unpaired) electrons. The van der Waals surface area contributed by atoms with Crippen LogP contribution < -0.4 is 10.6 Å². The Morgan fingerprint density at radius 2 is 1.87 bits per heavy atom. The van der Waals surface area contributed by atoms with E-state index in [2.05, 4.69) is 20.0 Å². The minimum absolute atomic E-state index is 0.0115. The highest BCUT2D eigenvalue weighted by Crippen LogP contribution is 2.24. The molecule has 1 saturated heterocycles. The van der Waals surface area contributed by atoms with E-state index < -0.39 is 5.54 Å². The highest BCUT2D eigenvalue weighted by molar-refractivity contribution is 5.88. The van der Waals surface area contributed by atoms with Crippen LogP contribution in [0.1, 0.15) is 19.7 Å².